The zero-order chi connectivity index (χ0) is 82.3. The Balaban J connectivity index is 0.000000613. The fraction of sp³-hybridized carbons (Fsp3) is 0.861. The second-order valence-electron chi connectivity index (χ2n) is 29.1. The van der Waals surface area contributed by atoms with Crippen molar-refractivity contribution in [1.82, 2.24) is 0 Å². The van der Waals surface area contributed by atoms with Crippen LogP contribution in [0.15, 0.2) is 0 Å². The molecule has 650 valence electrons. The Labute approximate surface area is 657 Å². The minimum atomic E-state index is -4.25. The lowest BCUT2D eigenvalue weighted by atomic mass is 9.93. The number of rotatable bonds is 2. The summed E-state index contributed by atoms with van der Waals surface area (Å²) in [5, 5.41) is 0. The van der Waals surface area contributed by atoms with E-state index >= 15 is 0 Å². The van der Waals surface area contributed by atoms with Gasteiger partial charge in [-0.1, -0.05) is 68.7 Å². The first kappa shape index (κ1) is 104. The monoisotopic (exact) mass is 1620 g/mol. The number of halogens is 6. The highest BCUT2D eigenvalue weighted by atomic mass is 19.4. The van der Waals surface area contributed by atoms with E-state index in [4.69, 9.17) is 47.4 Å². The van der Waals surface area contributed by atoms with Gasteiger partial charge in [0.1, 0.15) is 26.4 Å². The third-order valence-corrected chi connectivity index (χ3v) is 18.7. The highest BCUT2D eigenvalue weighted by molar-refractivity contribution is 5.73. The van der Waals surface area contributed by atoms with Gasteiger partial charge in [0.25, 0.3) is 5.97 Å². The Morgan fingerprint density at radius 3 is 1.22 bits per heavy atom. The molecular formula is C79H130F6O27. The standard InChI is InChI=1S/C9H16O2.C8H11F3O2.2C8H14O2.C7H9F3O2.C7H12O2.C6H10O3.C6H10O2.C5H8O3.2C5H8O2.C4H6O3.CH4/c1-3-8-4-7(2)5-9(10)11-6-8;1-5-2-6(8(9,10)11)4-13-7(12)3-5;1-6-3-7(2)5-10-8(9)4-6;1-2-7-3-4-8(9)10-6-5-7;8-7(9,10)5-1-2-6(11)12-4-3-5;1-6-2-3-7(8)9-5-4-6;1-2-6(7-3-1)8-4-5-9-6;7-6-4-2-1-3-5-8-6;6-5-1-2-7-3-4-8-5;2*6-5-3-1-2-4-7-5;5-4-3-6-1-2-7-4;/h7-8H,3-6H2,1-2H3;5-6H,2-4H2,1H3;6-7H,3-5H2,1-2H3;7H,2-6H2,1H3;5H,1-4H2;6H,2-5H2,1H3;1-5H2;1-5H2;1-4H2;2*1-4H2;1-3H2;1H4. The maximum atomic E-state index is 12.2. The summed E-state index contributed by atoms with van der Waals surface area (Å²) in [6.45, 7) is 22.9. The predicted molar refractivity (Wildman–Crippen MR) is 391 cm³/mol. The normalized spacial score (nSPS) is 27.2. The maximum Gasteiger partial charge on any atom is 0.395 e. The lowest BCUT2D eigenvalue weighted by Gasteiger charge is -2.18. The number of hydrogen-bond acceptors (Lipinski definition) is 27. The summed E-state index contributed by atoms with van der Waals surface area (Å²) in [7, 11) is 0. The Morgan fingerprint density at radius 2 is 0.723 bits per heavy atom. The molecule has 0 aromatic rings. The Hall–Kier alpha value is -6.45. The van der Waals surface area contributed by atoms with Crippen molar-refractivity contribution in [2.45, 2.75) is 267 Å². The van der Waals surface area contributed by atoms with Crippen molar-refractivity contribution in [1.29, 1.82) is 0 Å². The number of carbonyl (C=O) groups excluding carboxylic acids is 11. The van der Waals surface area contributed by atoms with Crippen LogP contribution in [0.4, 0.5) is 26.3 Å². The molecule has 33 heteroatoms. The summed E-state index contributed by atoms with van der Waals surface area (Å²) < 4.78 is 150. The summed E-state index contributed by atoms with van der Waals surface area (Å²) >= 11 is 0. The van der Waals surface area contributed by atoms with E-state index in [-0.39, 0.29) is 112 Å². The predicted octanol–water partition coefficient (Wildman–Crippen LogP) is 13.9. The quantitative estimate of drug-likeness (QED) is 0.141. The van der Waals surface area contributed by atoms with Gasteiger partial charge in [0.05, 0.1) is 111 Å². The highest BCUT2D eigenvalue weighted by Crippen LogP contribution is 2.36. The molecular weight excluding hydrogens is 1490 g/mol. The number of carbonyl (C=O) groups is 11. The summed E-state index contributed by atoms with van der Waals surface area (Å²) in [5.41, 5.74) is 0. The molecule has 13 saturated heterocycles. The van der Waals surface area contributed by atoms with Gasteiger partial charge in [-0.15, -0.1) is 0 Å². The van der Waals surface area contributed by atoms with Crippen LogP contribution < -0.4 is 0 Å². The van der Waals surface area contributed by atoms with E-state index in [0.717, 1.165) is 109 Å². The average Bonchev–Trinajstić information content (AvgIpc) is 1.70. The van der Waals surface area contributed by atoms with Crippen LogP contribution in [-0.4, -0.2) is 203 Å². The van der Waals surface area contributed by atoms with Crippen molar-refractivity contribution >= 4 is 65.7 Å². The molecule has 13 heterocycles. The molecule has 0 aromatic heterocycles. The number of cyclic esters (lactones) is 11. The molecule has 0 amide bonds. The molecule has 13 aliphatic rings. The van der Waals surface area contributed by atoms with Gasteiger partial charge in [-0.05, 0) is 151 Å². The van der Waals surface area contributed by atoms with E-state index in [1.807, 2.05) is 0 Å². The number of hydrogen-bond donors (Lipinski definition) is 0. The molecule has 0 N–H and O–H groups in total. The number of alkyl halides is 6. The van der Waals surface area contributed by atoms with Crippen LogP contribution in [0.2, 0.25) is 0 Å². The summed E-state index contributed by atoms with van der Waals surface area (Å²) in [5.74, 6) is -1.85. The van der Waals surface area contributed by atoms with Crippen LogP contribution >= 0.6 is 0 Å². The van der Waals surface area contributed by atoms with Crippen LogP contribution in [0.25, 0.3) is 0 Å². The van der Waals surface area contributed by atoms with Crippen LogP contribution in [0.1, 0.15) is 249 Å². The lowest BCUT2D eigenvalue weighted by Crippen LogP contribution is -2.27. The topological polar surface area (TPSA) is 335 Å². The SMILES string of the molecule is C.C1COC2(C1)OCCO2.CC1CC(=O)OCC(C(F)(F)F)C1.CC1CCOC(=O)CC1.CC1COC(=O)CC(C)C1.CCC1CCOC(=O)CC1.CCC1COC(=O)CC(C)C1.O=C1CCC(C(F)(F)F)CCO1.O=C1CCCCCO1.O=C1CCCCO1.O=C1CCCCO1.O=C1CCOCCO1.O=C1COCCO1. The molecule has 13 fully saturated rings. The van der Waals surface area contributed by atoms with Gasteiger partial charge >= 0.3 is 78.0 Å². The van der Waals surface area contributed by atoms with Crippen LogP contribution in [0.3, 0.4) is 0 Å². The van der Waals surface area contributed by atoms with E-state index in [9.17, 15) is 79.1 Å². The first-order valence-corrected chi connectivity index (χ1v) is 39.7. The largest absolute Gasteiger partial charge is 0.466 e. The molecule has 0 saturated carbocycles. The van der Waals surface area contributed by atoms with Crippen molar-refractivity contribution in [2.75, 3.05) is 119 Å². The zero-order valence-corrected chi connectivity index (χ0v) is 66.4. The third-order valence-electron chi connectivity index (χ3n) is 18.7. The van der Waals surface area contributed by atoms with Crippen molar-refractivity contribution in [3.05, 3.63) is 0 Å². The van der Waals surface area contributed by atoms with Gasteiger partial charge in [0.2, 0.25) is 0 Å². The van der Waals surface area contributed by atoms with Gasteiger partial charge in [-0.3, -0.25) is 47.9 Å². The Bertz CT molecular complexity index is 2510. The van der Waals surface area contributed by atoms with Gasteiger partial charge in [0, 0.05) is 64.2 Å². The van der Waals surface area contributed by atoms with Gasteiger partial charge in [-0.25, -0.2) is 4.79 Å². The van der Waals surface area contributed by atoms with Crippen molar-refractivity contribution in [2.24, 2.45) is 53.3 Å². The molecule has 13 rings (SSSR count). The number of esters is 11. The molecule has 27 nitrogen and oxygen atoms in total. The Kier molecular flexibility index (Phi) is 56.4. The fourth-order valence-corrected chi connectivity index (χ4v) is 12.0. The van der Waals surface area contributed by atoms with Gasteiger partial charge in [-0.2, -0.15) is 26.3 Å². The van der Waals surface area contributed by atoms with Crippen LogP contribution in [0.5, 0.6) is 0 Å². The highest BCUT2D eigenvalue weighted by Gasteiger charge is 2.44. The maximum absolute atomic E-state index is 12.2. The summed E-state index contributed by atoms with van der Waals surface area (Å²) in [4.78, 5) is 116. The van der Waals surface area contributed by atoms with E-state index < -0.39 is 48.7 Å². The molecule has 0 bridgehead atoms. The second kappa shape index (κ2) is 61.0. The fourth-order valence-electron chi connectivity index (χ4n) is 12.0. The second-order valence-corrected chi connectivity index (χ2v) is 29.1. The van der Waals surface area contributed by atoms with Gasteiger partial charge in [0.15, 0.2) is 0 Å². The zero-order valence-electron chi connectivity index (χ0n) is 66.4. The molecule has 9 atom stereocenters. The smallest absolute Gasteiger partial charge is 0.395 e. The van der Waals surface area contributed by atoms with Crippen LogP contribution in [-0.2, 0) is 129 Å². The first-order valence-electron chi connectivity index (χ1n) is 39.7. The van der Waals surface area contributed by atoms with Crippen molar-refractivity contribution < 1.29 is 155 Å². The molecule has 0 aromatic carbocycles. The Morgan fingerprint density at radius 1 is 0.304 bits per heavy atom. The average molecular weight is 1630 g/mol. The minimum Gasteiger partial charge on any atom is -0.466 e. The summed E-state index contributed by atoms with van der Waals surface area (Å²) in [6.07, 6.45) is 13.9. The summed E-state index contributed by atoms with van der Waals surface area (Å²) in [6, 6.07) is 0. The third kappa shape index (κ3) is 54.4. The van der Waals surface area contributed by atoms with E-state index in [2.05, 4.69) is 70.0 Å². The van der Waals surface area contributed by atoms with Crippen LogP contribution in [0, 0.1) is 53.3 Å². The lowest BCUT2D eigenvalue weighted by molar-refractivity contribution is -0.307. The van der Waals surface area contributed by atoms with E-state index in [1.54, 1.807) is 6.92 Å². The molecule has 112 heavy (non-hydrogen) atoms. The van der Waals surface area contributed by atoms with Crippen molar-refractivity contribution in [3.8, 4) is 0 Å². The van der Waals surface area contributed by atoms with E-state index in [1.165, 1.54) is 6.42 Å². The molecule has 9 unspecified atom stereocenters. The number of ether oxygens (including phenoxy) is 16. The molecule has 1 spiro atoms. The minimum absolute atomic E-state index is 0. The first-order chi connectivity index (χ1) is 52.8. The van der Waals surface area contributed by atoms with Gasteiger partial charge < -0.3 is 75.8 Å². The molecule has 13 aliphatic heterocycles. The van der Waals surface area contributed by atoms with Crippen molar-refractivity contribution in [3.63, 3.8) is 0 Å². The molecule has 0 aliphatic carbocycles. The van der Waals surface area contributed by atoms with E-state index in [0.29, 0.717) is 179 Å². The molecule has 0 radical (unpaired) electrons.